The molecule has 1 N–H and O–H groups in total. The van der Waals surface area contributed by atoms with E-state index in [0.717, 1.165) is 23.4 Å². The van der Waals surface area contributed by atoms with Crippen molar-refractivity contribution < 1.29 is 0 Å². The quantitative estimate of drug-likeness (QED) is 0.814. The van der Waals surface area contributed by atoms with E-state index in [1.54, 1.807) is 0 Å². The minimum atomic E-state index is 0.487. The van der Waals surface area contributed by atoms with Crippen LogP contribution in [0.3, 0.4) is 0 Å². The molecule has 112 valence electrons. The molecule has 0 bridgehead atoms. The minimum absolute atomic E-state index is 0.487. The molecule has 1 aromatic heterocycles. The van der Waals surface area contributed by atoms with Crippen LogP contribution in [-0.2, 0) is 6.54 Å². The summed E-state index contributed by atoms with van der Waals surface area (Å²) in [6.07, 6.45) is 4.53. The second kappa shape index (κ2) is 6.90. The Balaban J connectivity index is 2.22. The first-order valence-corrected chi connectivity index (χ1v) is 8.41. The molecular weight excluding hydrogens is 314 g/mol. The van der Waals surface area contributed by atoms with E-state index in [2.05, 4.69) is 59.9 Å². The number of anilines is 1. The van der Waals surface area contributed by atoms with Crippen molar-refractivity contribution in [3.05, 3.63) is 22.3 Å². The van der Waals surface area contributed by atoms with Crippen molar-refractivity contribution in [1.29, 1.82) is 0 Å². The molecule has 0 unspecified atom stereocenters. The monoisotopic (exact) mass is 339 g/mol. The highest BCUT2D eigenvalue weighted by Gasteiger charge is 2.31. The molecule has 1 aliphatic rings. The zero-order chi connectivity index (χ0) is 14.7. The van der Waals surface area contributed by atoms with Crippen molar-refractivity contribution in [3.8, 4) is 0 Å². The van der Waals surface area contributed by atoms with E-state index in [4.69, 9.17) is 4.98 Å². The maximum absolute atomic E-state index is 4.71. The molecule has 4 heteroatoms. The summed E-state index contributed by atoms with van der Waals surface area (Å²) in [6.45, 7) is 10.9. The molecule has 1 aromatic rings. The number of rotatable bonds is 7. The highest BCUT2D eigenvalue weighted by molar-refractivity contribution is 9.10. The van der Waals surface area contributed by atoms with Gasteiger partial charge in [0.2, 0.25) is 0 Å². The Kier molecular flexibility index (Phi) is 5.44. The van der Waals surface area contributed by atoms with Gasteiger partial charge < -0.3 is 10.2 Å². The average Bonchev–Trinajstić information content (AvgIpc) is 3.18. The third-order valence-electron chi connectivity index (χ3n) is 3.43. The molecule has 2 rings (SSSR count). The van der Waals surface area contributed by atoms with Gasteiger partial charge in [0, 0.05) is 41.4 Å². The second-order valence-corrected chi connectivity index (χ2v) is 7.36. The summed E-state index contributed by atoms with van der Waals surface area (Å²) in [4.78, 5) is 7.22. The number of hydrogen-bond acceptors (Lipinski definition) is 3. The van der Waals surface area contributed by atoms with Crippen LogP contribution in [0, 0.1) is 5.92 Å². The van der Waals surface area contributed by atoms with Crippen molar-refractivity contribution in [2.45, 2.75) is 59.2 Å². The van der Waals surface area contributed by atoms with Crippen LogP contribution in [0.4, 0.5) is 5.82 Å². The minimum Gasteiger partial charge on any atom is -0.353 e. The number of nitrogens with zero attached hydrogens (tertiary/aromatic N) is 2. The number of halogens is 1. The van der Waals surface area contributed by atoms with E-state index in [0.29, 0.717) is 18.0 Å². The topological polar surface area (TPSA) is 28.2 Å². The third-order valence-corrected chi connectivity index (χ3v) is 3.87. The van der Waals surface area contributed by atoms with E-state index in [-0.39, 0.29) is 0 Å². The number of hydrogen-bond donors (Lipinski definition) is 1. The van der Waals surface area contributed by atoms with E-state index in [1.807, 2.05) is 6.20 Å². The van der Waals surface area contributed by atoms with Crippen LogP contribution < -0.4 is 10.2 Å². The van der Waals surface area contributed by atoms with Gasteiger partial charge in [-0.05, 0) is 40.8 Å². The van der Waals surface area contributed by atoms with Crippen LogP contribution >= 0.6 is 15.9 Å². The van der Waals surface area contributed by atoms with Gasteiger partial charge in [-0.1, -0.05) is 27.7 Å². The lowest BCUT2D eigenvalue weighted by Crippen LogP contribution is -2.32. The van der Waals surface area contributed by atoms with Gasteiger partial charge in [0.1, 0.15) is 5.82 Å². The van der Waals surface area contributed by atoms with Crippen LogP contribution in [0.2, 0.25) is 0 Å². The highest BCUT2D eigenvalue weighted by atomic mass is 79.9. The van der Waals surface area contributed by atoms with Gasteiger partial charge in [0.15, 0.2) is 0 Å². The van der Waals surface area contributed by atoms with Crippen LogP contribution in [0.5, 0.6) is 0 Å². The number of pyridine rings is 1. The molecule has 0 atom stereocenters. The summed E-state index contributed by atoms with van der Waals surface area (Å²) >= 11 is 3.55. The smallest absolute Gasteiger partial charge is 0.133 e. The lowest BCUT2D eigenvalue weighted by Gasteiger charge is -2.28. The largest absolute Gasteiger partial charge is 0.353 e. The van der Waals surface area contributed by atoms with Gasteiger partial charge in [-0.2, -0.15) is 0 Å². The fraction of sp³-hybridized carbons (Fsp3) is 0.688. The van der Waals surface area contributed by atoms with Crippen LogP contribution in [-0.4, -0.2) is 23.6 Å². The Labute approximate surface area is 131 Å². The number of nitrogens with one attached hydrogen (secondary N) is 1. The van der Waals surface area contributed by atoms with Gasteiger partial charge in [-0.15, -0.1) is 0 Å². The van der Waals surface area contributed by atoms with Gasteiger partial charge in [-0.25, -0.2) is 4.98 Å². The second-order valence-electron chi connectivity index (χ2n) is 6.45. The maximum atomic E-state index is 4.71. The fourth-order valence-corrected chi connectivity index (χ4v) is 2.74. The third kappa shape index (κ3) is 4.45. The summed E-state index contributed by atoms with van der Waals surface area (Å²) in [5.41, 5.74) is 1.29. The first kappa shape index (κ1) is 15.8. The fourth-order valence-electron chi connectivity index (χ4n) is 2.36. The zero-order valence-corrected chi connectivity index (χ0v) is 14.6. The Morgan fingerprint density at radius 1 is 1.35 bits per heavy atom. The van der Waals surface area contributed by atoms with Crippen molar-refractivity contribution in [1.82, 2.24) is 10.3 Å². The molecule has 3 nitrogen and oxygen atoms in total. The SMILES string of the molecule is CC(C)CN(c1ncc(Br)cc1CNC(C)C)C1CC1. The van der Waals surface area contributed by atoms with Crippen molar-refractivity contribution in [2.75, 3.05) is 11.4 Å². The van der Waals surface area contributed by atoms with Gasteiger partial charge in [-0.3, -0.25) is 0 Å². The molecule has 20 heavy (non-hydrogen) atoms. The molecule has 0 radical (unpaired) electrons. The summed E-state index contributed by atoms with van der Waals surface area (Å²) in [7, 11) is 0. The Hall–Kier alpha value is -0.610. The van der Waals surface area contributed by atoms with E-state index < -0.39 is 0 Å². The van der Waals surface area contributed by atoms with Gasteiger partial charge in [0.25, 0.3) is 0 Å². The Morgan fingerprint density at radius 3 is 2.60 bits per heavy atom. The summed E-state index contributed by atoms with van der Waals surface area (Å²) < 4.78 is 1.06. The molecule has 0 saturated heterocycles. The zero-order valence-electron chi connectivity index (χ0n) is 13.0. The molecule has 0 spiro atoms. The van der Waals surface area contributed by atoms with Crippen LogP contribution in [0.1, 0.15) is 46.1 Å². The van der Waals surface area contributed by atoms with Gasteiger partial charge >= 0.3 is 0 Å². The summed E-state index contributed by atoms with van der Waals surface area (Å²) in [6, 6.07) is 3.39. The standard InChI is InChI=1S/C16H26BrN3/c1-11(2)10-20(15-5-6-15)16-13(8-18-12(3)4)7-14(17)9-19-16/h7,9,11-12,15,18H,5-6,8,10H2,1-4H3. The van der Waals surface area contributed by atoms with Gasteiger partial charge in [0.05, 0.1) is 0 Å². The first-order valence-electron chi connectivity index (χ1n) is 7.61. The Morgan fingerprint density at radius 2 is 2.05 bits per heavy atom. The molecule has 1 heterocycles. The van der Waals surface area contributed by atoms with E-state index >= 15 is 0 Å². The molecule has 1 fully saturated rings. The molecule has 0 aliphatic heterocycles. The predicted octanol–water partition coefficient (Wildman–Crippen LogP) is 3.97. The van der Waals surface area contributed by atoms with E-state index in [9.17, 15) is 0 Å². The molecule has 0 aromatic carbocycles. The lowest BCUT2D eigenvalue weighted by molar-refractivity contribution is 0.576. The van der Waals surface area contributed by atoms with Crippen molar-refractivity contribution in [3.63, 3.8) is 0 Å². The summed E-state index contributed by atoms with van der Waals surface area (Å²) in [5, 5.41) is 3.51. The molecule has 1 saturated carbocycles. The molecule has 1 aliphatic carbocycles. The van der Waals surface area contributed by atoms with Crippen molar-refractivity contribution in [2.24, 2.45) is 5.92 Å². The normalized spacial score (nSPS) is 15.2. The molecular formula is C16H26BrN3. The highest BCUT2D eigenvalue weighted by Crippen LogP contribution is 2.33. The predicted molar refractivity (Wildman–Crippen MR) is 89.1 cm³/mol. The van der Waals surface area contributed by atoms with Crippen LogP contribution in [0.15, 0.2) is 16.7 Å². The first-order chi connectivity index (χ1) is 9.47. The maximum Gasteiger partial charge on any atom is 0.133 e. The molecule has 0 amide bonds. The number of aromatic nitrogens is 1. The Bertz CT molecular complexity index is 441. The average molecular weight is 340 g/mol. The van der Waals surface area contributed by atoms with E-state index in [1.165, 1.54) is 18.4 Å². The van der Waals surface area contributed by atoms with Crippen LogP contribution in [0.25, 0.3) is 0 Å². The van der Waals surface area contributed by atoms with Crippen molar-refractivity contribution >= 4 is 21.7 Å². The lowest BCUT2D eigenvalue weighted by atomic mass is 10.1. The summed E-state index contributed by atoms with van der Waals surface area (Å²) in [5.74, 6) is 1.82.